The van der Waals surface area contributed by atoms with Crippen LogP contribution >= 0.6 is 23.2 Å². The van der Waals surface area contributed by atoms with Crippen LogP contribution in [0.1, 0.15) is 19.4 Å². The number of hydrogen-bond donors (Lipinski definition) is 0. The molecule has 0 saturated carbocycles. The smallest absolute Gasteiger partial charge is 0.247 e. The van der Waals surface area contributed by atoms with Crippen LogP contribution in [0.15, 0.2) is 35.5 Å². The van der Waals surface area contributed by atoms with Crippen molar-refractivity contribution >= 4 is 32.7 Å². The van der Waals surface area contributed by atoms with Crippen LogP contribution in [-0.4, -0.2) is 14.5 Å². The fourth-order valence-electron chi connectivity index (χ4n) is 1.40. The summed E-state index contributed by atoms with van der Waals surface area (Å²) in [5, 5.41) is -0.809. The quantitative estimate of drug-likeness (QED) is 0.427. The lowest BCUT2D eigenvalue weighted by Crippen LogP contribution is -2.02. The number of rotatable bonds is 6. The Morgan fingerprint density at radius 1 is 1.35 bits per heavy atom. The highest BCUT2D eigenvalue weighted by Gasteiger charge is 2.06. The minimum absolute atomic E-state index is 0.782. The van der Waals surface area contributed by atoms with Gasteiger partial charge in [0.15, 0.2) is 0 Å². The molecule has 0 spiro atoms. The Hall–Kier alpha value is -0.443. The van der Waals surface area contributed by atoms with E-state index in [1.165, 1.54) is 5.57 Å². The van der Waals surface area contributed by atoms with Gasteiger partial charge < -0.3 is 4.74 Å². The summed E-state index contributed by atoms with van der Waals surface area (Å²) in [5.74, 6) is 0.782. The Labute approximate surface area is 116 Å². The molecule has 0 bridgehead atoms. The lowest BCUT2D eigenvalue weighted by Gasteiger charge is -2.11. The van der Waals surface area contributed by atoms with Gasteiger partial charge in [-0.2, -0.15) is 0 Å². The summed E-state index contributed by atoms with van der Waals surface area (Å²) < 4.78 is 5.34. The van der Waals surface area contributed by atoms with Crippen LogP contribution in [0, 0.1) is 0 Å². The highest BCUT2D eigenvalue weighted by atomic mass is 35.5. The summed E-state index contributed by atoms with van der Waals surface area (Å²) in [6.45, 7) is 4.24. The first-order valence-electron chi connectivity index (χ1n) is 5.49. The lowest BCUT2D eigenvalue weighted by atomic mass is 10.1. The van der Waals surface area contributed by atoms with Crippen LogP contribution in [0.2, 0.25) is 6.04 Å². The molecule has 0 amide bonds. The monoisotopic (exact) mass is 286 g/mol. The van der Waals surface area contributed by atoms with Crippen LogP contribution in [0.3, 0.4) is 0 Å². The topological polar surface area (TPSA) is 9.23 Å². The molecule has 0 saturated heterocycles. The standard InChI is InChI=1S/C13H16Cl2OSi/c1-10(2)9-17-8-7-11-5-3-4-6-12(11)16-13(14)15/h3-6,9,13H,7-8H2,1-2H3. The van der Waals surface area contributed by atoms with Gasteiger partial charge in [-0.05, 0) is 31.9 Å². The SMILES string of the molecule is CC(C)=C[Si]CCc1ccccc1OC(Cl)Cl. The zero-order valence-electron chi connectivity index (χ0n) is 10.0. The van der Waals surface area contributed by atoms with Crippen molar-refractivity contribution in [1.29, 1.82) is 0 Å². The van der Waals surface area contributed by atoms with E-state index in [4.69, 9.17) is 27.9 Å². The third-order valence-electron chi connectivity index (χ3n) is 2.12. The van der Waals surface area contributed by atoms with Crippen LogP contribution in [0.25, 0.3) is 0 Å². The van der Waals surface area contributed by atoms with Gasteiger partial charge in [-0.3, -0.25) is 0 Å². The highest BCUT2D eigenvalue weighted by Crippen LogP contribution is 2.22. The largest absolute Gasteiger partial charge is 0.460 e. The van der Waals surface area contributed by atoms with Crippen LogP contribution in [-0.2, 0) is 6.42 Å². The number of alkyl halides is 2. The Bertz CT molecular complexity index is 373. The van der Waals surface area contributed by atoms with E-state index in [2.05, 4.69) is 25.6 Å². The van der Waals surface area contributed by atoms with Crippen molar-refractivity contribution in [3.63, 3.8) is 0 Å². The van der Waals surface area contributed by atoms with Crippen molar-refractivity contribution in [3.8, 4) is 5.75 Å². The molecule has 4 heteroatoms. The maximum absolute atomic E-state index is 5.62. The van der Waals surface area contributed by atoms with E-state index < -0.39 is 5.02 Å². The number of ether oxygens (including phenoxy) is 1. The molecule has 1 rings (SSSR count). The Morgan fingerprint density at radius 2 is 2.06 bits per heavy atom. The molecule has 0 aliphatic heterocycles. The van der Waals surface area contributed by atoms with Crippen LogP contribution in [0.5, 0.6) is 5.75 Å². The van der Waals surface area contributed by atoms with Gasteiger partial charge >= 0.3 is 0 Å². The van der Waals surface area contributed by atoms with Gasteiger partial charge in [0.1, 0.15) is 5.75 Å². The summed E-state index contributed by atoms with van der Waals surface area (Å²) in [6.07, 6.45) is 0.985. The molecule has 92 valence electrons. The minimum atomic E-state index is -0.809. The summed E-state index contributed by atoms with van der Waals surface area (Å²) in [6, 6.07) is 9.01. The number of halogens is 2. The predicted molar refractivity (Wildman–Crippen MR) is 76.3 cm³/mol. The second-order valence-electron chi connectivity index (χ2n) is 3.91. The predicted octanol–water partition coefficient (Wildman–Crippen LogP) is 4.42. The number of benzene rings is 1. The molecule has 0 heterocycles. The van der Waals surface area contributed by atoms with Gasteiger partial charge in [0.2, 0.25) is 5.02 Å². The van der Waals surface area contributed by atoms with Gasteiger partial charge in [-0.25, -0.2) is 0 Å². The second kappa shape index (κ2) is 7.80. The van der Waals surface area contributed by atoms with E-state index in [0.29, 0.717) is 0 Å². The average Bonchev–Trinajstić information content (AvgIpc) is 2.25. The van der Waals surface area contributed by atoms with Crippen LogP contribution < -0.4 is 4.74 Å². The van der Waals surface area contributed by atoms with E-state index in [-0.39, 0.29) is 0 Å². The van der Waals surface area contributed by atoms with Crippen LogP contribution in [0.4, 0.5) is 0 Å². The van der Waals surface area contributed by atoms with E-state index in [9.17, 15) is 0 Å². The molecule has 0 unspecified atom stereocenters. The van der Waals surface area contributed by atoms with E-state index >= 15 is 0 Å². The molecular weight excluding hydrogens is 271 g/mol. The molecular formula is C13H16Cl2OSi. The second-order valence-corrected chi connectivity index (χ2v) is 6.13. The highest BCUT2D eigenvalue weighted by molar-refractivity contribution is 6.43. The molecule has 1 aromatic carbocycles. The van der Waals surface area contributed by atoms with Crippen molar-refractivity contribution < 1.29 is 4.74 Å². The molecule has 17 heavy (non-hydrogen) atoms. The van der Waals surface area contributed by atoms with E-state index in [1.807, 2.05) is 18.2 Å². The van der Waals surface area contributed by atoms with Crippen molar-refractivity contribution in [2.24, 2.45) is 0 Å². The number of allylic oxidation sites excluding steroid dienone is 1. The summed E-state index contributed by atoms with van der Waals surface area (Å²) in [4.78, 5) is 0. The van der Waals surface area contributed by atoms with E-state index in [1.54, 1.807) is 0 Å². The fourth-order valence-corrected chi connectivity index (χ4v) is 2.56. The van der Waals surface area contributed by atoms with Gasteiger partial charge in [-0.15, -0.1) is 5.70 Å². The van der Waals surface area contributed by atoms with Gasteiger partial charge in [0.05, 0.1) is 9.52 Å². The van der Waals surface area contributed by atoms with Gasteiger partial charge in [0, 0.05) is 0 Å². The number of para-hydroxylation sites is 1. The fraction of sp³-hybridized carbons (Fsp3) is 0.385. The lowest BCUT2D eigenvalue weighted by molar-refractivity contribution is 0.350. The molecule has 0 atom stereocenters. The Morgan fingerprint density at radius 3 is 2.71 bits per heavy atom. The normalized spacial score (nSPS) is 10.4. The maximum atomic E-state index is 5.62. The first-order chi connectivity index (χ1) is 8.09. The number of aryl methyl sites for hydroxylation is 1. The molecule has 0 fully saturated rings. The first-order valence-corrected chi connectivity index (χ1v) is 7.65. The maximum Gasteiger partial charge on any atom is 0.247 e. The zero-order valence-corrected chi connectivity index (χ0v) is 12.6. The molecule has 0 N–H and O–H groups in total. The third kappa shape index (κ3) is 6.15. The molecule has 0 aliphatic rings. The number of hydrogen-bond acceptors (Lipinski definition) is 1. The molecule has 0 aromatic heterocycles. The summed E-state index contributed by atoms with van der Waals surface area (Å²) in [5.41, 5.74) is 4.80. The third-order valence-corrected chi connectivity index (χ3v) is 3.62. The average molecular weight is 287 g/mol. The molecule has 0 aliphatic carbocycles. The summed E-state index contributed by atoms with van der Waals surface area (Å²) in [7, 11) is 0.847. The van der Waals surface area contributed by atoms with Crippen molar-refractivity contribution in [3.05, 3.63) is 41.1 Å². The first kappa shape index (κ1) is 14.6. The summed E-state index contributed by atoms with van der Waals surface area (Å²) >= 11 is 11.2. The minimum Gasteiger partial charge on any atom is -0.460 e. The molecule has 1 aromatic rings. The van der Waals surface area contributed by atoms with Crippen molar-refractivity contribution in [2.75, 3.05) is 0 Å². The van der Waals surface area contributed by atoms with Crippen molar-refractivity contribution in [2.45, 2.75) is 31.3 Å². The van der Waals surface area contributed by atoms with Gasteiger partial charge in [-0.1, -0.05) is 53.0 Å². The molecule has 1 nitrogen and oxygen atoms in total. The van der Waals surface area contributed by atoms with E-state index in [0.717, 1.165) is 33.3 Å². The Kier molecular flexibility index (Phi) is 6.71. The van der Waals surface area contributed by atoms with Gasteiger partial charge in [0.25, 0.3) is 0 Å². The Balaban J connectivity index is 2.54. The molecule has 2 radical (unpaired) electrons. The zero-order chi connectivity index (χ0) is 12.7. The van der Waals surface area contributed by atoms with Crippen molar-refractivity contribution in [1.82, 2.24) is 0 Å².